The van der Waals surface area contributed by atoms with E-state index in [1.165, 1.54) is 0 Å². The van der Waals surface area contributed by atoms with Gasteiger partial charge in [0.25, 0.3) is 5.91 Å². The maximum absolute atomic E-state index is 12.2. The number of nitrogens with one attached hydrogen (secondary N) is 2. The van der Waals surface area contributed by atoms with Gasteiger partial charge in [-0.3, -0.25) is 4.79 Å². The summed E-state index contributed by atoms with van der Waals surface area (Å²) in [5.74, 6) is -0.985. The maximum atomic E-state index is 12.2. The molecule has 6 heteroatoms. The highest BCUT2D eigenvalue weighted by Gasteiger charge is 2.31. The molecule has 0 saturated carbocycles. The van der Waals surface area contributed by atoms with Crippen molar-refractivity contribution in [3.63, 3.8) is 0 Å². The number of carboxylic acids is 1. The molecular formula is C15H20N2O4. The van der Waals surface area contributed by atoms with Gasteiger partial charge in [-0.15, -0.1) is 0 Å². The van der Waals surface area contributed by atoms with E-state index < -0.39 is 24.0 Å². The normalized spacial score (nSPS) is 19.4. The first kappa shape index (κ1) is 15.2. The fraction of sp³-hybridized carbons (Fsp3) is 0.467. The molecule has 3 atom stereocenters. The van der Waals surface area contributed by atoms with Crippen molar-refractivity contribution >= 4 is 17.6 Å². The molecule has 3 N–H and O–H groups in total. The SMILES string of the molecule is CCC(C)C(NC(=O)C1CNc2ccccc2O1)C(=O)O. The molecule has 1 heterocycles. The quantitative estimate of drug-likeness (QED) is 0.765. The second-order valence-electron chi connectivity index (χ2n) is 5.19. The highest BCUT2D eigenvalue weighted by atomic mass is 16.5. The molecule has 1 aromatic carbocycles. The van der Waals surface area contributed by atoms with Gasteiger partial charge in [0.2, 0.25) is 0 Å². The highest BCUT2D eigenvalue weighted by molar-refractivity contribution is 5.87. The number of hydrogen-bond acceptors (Lipinski definition) is 4. The van der Waals surface area contributed by atoms with Crippen LogP contribution in [0.1, 0.15) is 20.3 Å². The number of fused-ring (bicyclic) bond motifs is 1. The molecule has 1 aliphatic heterocycles. The van der Waals surface area contributed by atoms with E-state index in [-0.39, 0.29) is 5.92 Å². The standard InChI is InChI=1S/C15H20N2O4/c1-3-9(2)13(15(19)20)17-14(18)12-8-16-10-6-4-5-7-11(10)21-12/h4-7,9,12-13,16H,3,8H2,1-2H3,(H,17,18)(H,19,20). The van der Waals surface area contributed by atoms with Crippen LogP contribution in [0.2, 0.25) is 0 Å². The van der Waals surface area contributed by atoms with Crippen LogP contribution in [0.4, 0.5) is 5.69 Å². The molecule has 0 aliphatic carbocycles. The number of carbonyl (C=O) groups excluding carboxylic acids is 1. The minimum Gasteiger partial charge on any atom is -0.480 e. The molecular weight excluding hydrogens is 272 g/mol. The van der Waals surface area contributed by atoms with Crippen LogP contribution >= 0.6 is 0 Å². The summed E-state index contributed by atoms with van der Waals surface area (Å²) in [4.78, 5) is 23.4. The molecule has 0 fully saturated rings. The largest absolute Gasteiger partial charge is 0.480 e. The number of rotatable bonds is 5. The highest BCUT2D eigenvalue weighted by Crippen LogP contribution is 2.28. The minimum atomic E-state index is -1.03. The molecule has 2 rings (SSSR count). The van der Waals surface area contributed by atoms with E-state index >= 15 is 0 Å². The van der Waals surface area contributed by atoms with Gasteiger partial charge in [-0.25, -0.2) is 4.79 Å². The molecule has 0 spiro atoms. The predicted octanol–water partition coefficient (Wildman–Crippen LogP) is 1.47. The number of carbonyl (C=O) groups is 2. The molecule has 1 amide bonds. The summed E-state index contributed by atoms with van der Waals surface area (Å²) in [5.41, 5.74) is 0.832. The molecule has 1 aliphatic rings. The van der Waals surface area contributed by atoms with Crippen LogP contribution in [0.5, 0.6) is 5.75 Å². The first-order chi connectivity index (χ1) is 10.0. The first-order valence-electron chi connectivity index (χ1n) is 7.05. The summed E-state index contributed by atoms with van der Waals surface area (Å²) in [6.07, 6.45) is -0.0602. The van der Waals surface area contributed by atoms with Crippen LogP contribution in [0, 0.1) is 5.92 Å². The molecule has 6 nitrogen and oxygen atoms in total. The minimum absolute atomic E-state index is 0.143. The summed E-state index contributed by atoms with van der Waals surface area (Å²) in [6, 6.07) is 6.43. The number of aliphatic carboxylic acids is 1. The van der Waals surface area contributed by atoms with Gasteiger partial charge >= 0.3 is 5.97 Å². The zero-order valence-corrected chi connectivity index (χ0v) is 12.1. The summed E-state index contributed by atoms with van der Waals surface area (Å²) >= 11 is 0. The van der Waals surface area contributed by atoms with E-state index in [9.17, 15) is 14.7 Å². The zero-order chi connectivity index (χ0) is 15.4. The summed E-state index contributed by atoms with van der Waals surface area (Å²) in [7, 11) is 0. The summed E-state index contributed by atoms with van der Waals surface area (Å²) < 4.78 is 5.62. The lowest BCUT2D eigenvalue weighted by molar-refractivity contribution is -0.144. The Bertz CT molecular complexity index is 532. The van der Waals surface area contributed by atoms with Gasteiger partial charge in [0.15, 0.2) is 6.10 Å². The van der Waals surface area contributed by atoms with Gasteiger partial charge in [0.05, 0.1) is 12.2 Å². The Morgan fingerprint density at radius 3 is 2.86 bits per heavy atom. The van der Waals surface area contributed by atoms with Gasteiger partial charge in [0.1, 0.15) is 11.8 Å². The molecule has 0 radical (unpaired) electrons. The van der Waals surface area contributed by atoms with Crippen molar-refractivity contribution in [3.8, 4) is 5.75 Å². The Labute approximate surface area is 123 Å². The topological polar surface area (TPSA) is 87.7 Å². The van der Waals surface area contributed by atoms with Gasteiger partial charge in [-0.2, -0.15) is 0 Å². The van der Waals surface area contributed by atoms with Gasteiger partial charge < -0.3 is 20.5 Å². The van der Waals surface area contributed by atoms with Crippen molar-refractivity contribution in [1.82, 2.24) is 5.32 Å². The van der Waals surface area contributed by atoms with E-state index in [4.69, 9.17) is 4.74 Å². The first-order valence-corrected chi connectivity index (χ1v) is 7.05. The third-order valence-electron chi connectivity index (χ3n) is 3.70. The monoisotopic (exact) mass is 292 g/mol. The molecule has 1 aromatic rings. The molecule has 21 heavy (non-hydrogen) atoms. The van der Waals surface area contributed by atoms with E-state index in [1.54, 1.807) is 13.0 Å². The van der Waals surface area contributed by atoms with E-state index in [1.807, 2.05) is 25.1 Å². The van der Waals surface area contributed by atoms with Crippen LogP contribution in [0.15, 0.2) is 24.3 Å². The van der Waals surface area contributed by atoms with Crippen molar-refractivity contribution in [3.05, 3.63) is 24.3 Å². The van der Waals surface area contributed by atoms with Crippen LogP contribution in [0.25, 0.3) is 0 Å². The van der Waals surface area contributed by atoms with Gasteiger partial charge in [-0.05, 0) is 18.1 Å². The average molecular weight is 292 g/mol. The number of ether oxygens (including phenoxy) is 1. The molecule has 0 saturated heterocycles. The lowest BCUT2D eigenvalue weighted by atomic mass is 9.99. The van der Waals surface area contributed by atoms with E-state index in [2.05, 4.69) is 10.6 Å². The van der Waals surface area contributed by atoms with Crippen molar-refractivity contribution in [2.75, 3.05) is 11.9 Å². The Kier molecular flexibility index (Phi) is 4.67. The van der Waals surface area contributed by atoms with Crippen molar-refractivity contribution in [2.24, 2.45) is 5.92 Å². The Hall–Kier alpha value is -2.24. The van der Waals surface area contributed by atoms with Crippen molar-refractivity contribution in [1.29, 1.82) is 0 Å². The molecule has 3 unspecified atom stereocenters. The van der Waals surface area contributed by atoms with E-state index in [0.717, 1.165) is 5.69 Å². The van der Waals surface area contributed by atoms with Crippen molar-refractivity contribution < 1.29 is 19.4 Å². The molecule has 0 aromatic heterocycles. The van der Waals surface area contributed by atoms with Crippen LogP contribution in [-0.2, 0) is 9.59 Å². The predicted molar refractivity (Wildman–Crippen MR) is 78.4 cm³/mol. The van der Waals surface area contributed by atoms with Crippen LogP contribution < -0.4 is 15.4 Å². The number of benzene rings is 1. The second-order valence-corrected chi connectivity index (χ2v) is 5.19. The average Bonchev–Trinajstić information content (AvgIpc) is 2.50. The van der Waals surface area contributed by atoms with Crippen LogP contribution in [-0.4, -0.2) is 35.7 Å². The Morgan fingerprint density at radius 1 is 1.48 bits per heavy atom. The lowest BCUT2D eigenvalue weighted by Crippen LogP contribution is -2.52. The lowest BCUT2D eigenvalue weighted by Gasteiger charge is -2.28. The van der Waals surface area contributed by atoms with Crippen LogP contribution in [0.3, 0.4) is 0 Å². The van der Waals surface area contributed by atoms with Gasteiger partial charge in [0, 0.05) is 0 Å². The number of hydrogen-bond donors (Lipinski definition) is 3. The number of amides is 1. The molecule has 0 bridgehead atoms. The number of para-hydroxylation sites is 2. The summed E-state index contributed by atoms with van der Waals surface area (Å²) in [5, 5.41) is 14.9. The summed E-state index contributed by atoms with van der Waals surface area (Å²) in [6.45, 7) is 4.01. The third kappa shape index (κ3) is 3.45. The van der Waals surface area contributed by atoms with Gasteiger partial charge in [-0.1, -0.05) is 32.4 Å². The Balaban J connectivity index is 2.03. The maximum Gasteiger partial charge on any atom is 0.326 e. The van der Waals surface area contributed by atoms with E-state index in [0.29, 0.717) is 18.7 Å². The fourth-order valence-electron chi connectivity index (χ4n) is 2.19. The molecule has 114 valence electrons. The second kappa shape index (κ2) is 6.47. The van der Waals surface area contributed by atoms with Crippen molar-refractivity contribution in [2.45, 2.75) is 32.4 Å². The number of carboxylic acid groups (broad SMARTS) is 1. The smallest absolute Gasteiger partial charge is 0.326 e. The number of anilines is 1. The third-order valence-corrected chi connectivity index (χ3v) is 3.70. The zero-order valence-electron chi connectivity index (χ0n) is 12.1. The fourth-order valence-corrected chi connectivity index (χ4v) is 2.19. The Morgan fingerprint density at radius 2 is 2.19 bits per heavy atom.